The number of carbonyl (C=O) groups is 1. The molecule has 0 unspecified atom stereocenters. The molecule has 4 nitrogen and oxygen atoms in total. The molecule has 3 heterocycles. The number of nitrogens with zero attached hydrogens (tertiary/aromatic N) is 1. The third kappa shape index (κ3) is 4.21. The van der Waals surface area contributed by atoms with Crippen LogP contribution in [0.25, 0.3) is 17.2 Å². The van der Waals surface area contributed by atoms with Crippen molar-refractivity contribution < 1.29 is 9.53 Å². The van der Waals surface area contributed by atoms with Gasteiger partial charge in [-0.1, -0.05) is 17.7 Å². The first-order valence-electron chi connectivity index (χ1n) is 8.56. The number of thiophene rings is 1. The van der Waals surface area contributed by atoms with E-state index in [1.807, 2.05) is 23.6 Å². The fraction of sp³-hybridized carbons (Fsp3) is 0.143. The van der Waals surface area contributed by atoms with Crippen LogP contribution in [0.1, 0.15) is 11.1 Å². The topological polar surface area (TPSA) is 51.2 Å². The largest absolute Gasteiger partial charge is 0.486 e. The molecule has 3 aromatic rings. The second-order valence-corrected chi connectivity index (χ2v) is 7.45. The third-order valence-electron chi connectivity index (χ3n) is 4.32. The molecule has 0 fully saturated rings. The van der Waals surface area contributed by atoms with Crippen molar-refractivity contribution in [3.8, 4) is 16.9 Å². The van der Waals surface area contributed by atoms with Gasteiger partial charge in [-0.05, 0) is 57.8 Å². The highest BCUT2D eigenvalue weighted by molar-refractivity contribution is 7.08. The number of pyridine rings is 1. The zero-order valence-electron chi connectivity index (χ0n) is 14.4. The number of fused-ring (bicyclic) bond motifs is 1. The van der Waals surface area contributed by atoms with Crippen molar-refractivity contribution in [1.82, 2.24) is 10.3 Å². The fourth-order valence-corrected chi connectivity index (χ4v) is 3.97. The van der Waals surface area contributed by atoms with Gasteiger partial charge < -0.3 is 10.1 Å². The first-order valence-corrected chi connectivity index (χ1v) is 9.89. The second-order valence-electron chi connectivity index (χ2n) is 6.27. The van der Waals surface area contributed by atoms with Gasteiger partial charge in [0.05, 0.1) is 11.6 Å². The Bertz CT molecular complexity index is 971. The van der Waals surface area contributed by atoms with Crippen LogP contribution in [0, 0.1) is 0 Å². The van der Waals surface area contributed by atoms with E-state index in [-0.39, 0.29) is 12.0 Å². The molecule has 4 rings (SSSR count). The van der Waals surface area contributed by atoms with E-state index in [1.54, 1.807) is 29.8 Å². The van der Waals surface area contributed by atoms with Gasteiger partial charge >= 0.3 is 0 Å². The number of ether oxygens (including phenoxy) is 1. The maximum Gasteiger partial charge on any atom is 0.244 e. The lowest BCUT2D eigenvalue weighted by atomic mass is 10.0. The molecule has 1 aliphatic heterocycles. The van der Waals surface area contributed by atoms with E-state index >= 15 is 0 Å². The SMILES string of the molecule is O=C(/C=C/c1cccnc1)NC[C@@H]1Cc2cc(-c3ccsc3)cc(Cl)c2O1. The molecule has 1 atom stereocenters. The first-order chi connectivity index (χ1) is 13.2. The molecule has 0 saturated heterocycles. The molecule has 0 aliphatic carbocycles. The van der Waals surface area contributed by atoms with Crippen molar-refractivity contribution in [2.45, 2.75) is 12.5 Å². The van der Waals surface area contributed by atoms with Gasteiger partial charge in [0.25, 0.3) is 0 Å². The van der Waals surface area contributed by atoms with E-state index in [9.17, 15) is 4.79 Å². The van der Waals surface area contributed by atoms with Crippen LogP contribution < -0.4 is 10.1 Å². The van der Waals surface area contributed by atoms with Gasteiger partial charge in [0.1, 0.15) is 11.9 Å². The molecule has 1 aromatic carbocycles. The Labute approximate surface area is 166 Å². The summed E-state index contributed by atoms with van der Waals surface area (Å²) in [5.74, 6) is 0.560. The van der Waals surface area contributed by atoms with Gasteiger partial charge in [-0.15, -0.1) is 0 Å². The van der Waals surface area contributed by atoms with Crippen molar-refractivity contribution in [3.05, 3.63) is 75.7 Å². The lowest BCUT2D eigenvalue weighted by Crippen LogP contribution is -2.33. The van der Waals surface area contributed by atoms with Crippen LogP contribution in [0.3, 0.4) is 0 Å². The van der Waals surface area contributed by atoms with Gasteiger partial charge in [-0.25, -0.2) is 0 Å². The Hall–Kier alpha value is -2.63. The first kappa shape index (κ1) is 17.8. The number of halogens is 1. The van der Waals surface area contributed by atoms with Crippen molar-refractivity contribution in [2.24, 2.45) is 0 Å². The quantitative estimate of drug-likeness (QED) is 0.641. The predicted octanol–water partition coefficient (Wildman–Crippen LogP) is 4.60. The van der Waals surface area contributed by atoms with Gasteiger partial charge in [0.2, 0.25) is 5.91 Å². The number of hydrogen-bond acceptors (Lipinski definition) is 4. The van der Waals surface area contributed by atoms with E-state index in [4.69, 9.17) is 16.3 Å². The van der Waals surface area contributed by atoms with E-state index in [2.05, 4.69) is 27.8 Å². The monoisotopic (exact) mass is 396 g/mol. The molecule has 1 N–H and O–H groups in total. The molecule has 136 valence electrons. The van der Waals surface area contributed by atoms with Gasteiger partial charge in [0.15, 0.2) is 0 Å². The average molecular weight is 397 g/mol. The molecule has 2 aromatic heterocycles. The standard InChI is InChI=1S/C21H17ClN2O2S/c22-19-10-16(15-5-7-27-13-15)8-17-9-18(26-21(17)19)12-24-20(25)4-3-14-2-1-6-23-11-14/h1-8,10-11,13,18H,9,12H2,(H,24,25)/b4-3+/t18-/m0/s1. The lowest BCUT2D eigenvalue weighted by Gasteiger charge is -2.11. The van der Waals surface area contributed by atoms with Gasteiger partial charge in [0, 0.05) is 30.5 Å². The number of aromatic nitrogens is 1. The fourth-order valence-electron chi connectivity index (χ4n) is 3.02. The number of rotatable bonds is 5. The summed E-state index contributed by atoms with van der Waals surface area (Å²) in [5.41, 5.74) is 4.20. The van der Waals surface area contributed by atoms with Crippen molar-refractivity contribution in [1.29, 1.82) is 0 Å². The highest BCUT2D eigenvalue weighted by Crippen LogP contribution is 2.39. The maximum atomic E-state index is 12.0. The Morgan fingerprint density at radius 2 is 2.30 bits per heavy atom. The lowest BCUT2D eigenvalue weighted by molar-refractivity contribution is -0.116. The highest BCUT2D eigenvalue weighted by atomic mass is 35.5. The summed E-state index contributed by atoms with van der Waals surface area (Å²) < 4.78 is 5.95. The molecule has 27 heavy (non-hydrogen) atoms. The molecule has 1 aliphatic rings. The summed E-state index contributed by atoms with van der Waals surface area (Å²) in [6.07, 6.45) is 7.23. The second kappa shape index (κ2) is 7.94. The minimum absolute atomic E-state index is 0.119. The van der Waals surface area contributed by atoms with Crippen molar-refractivity contribution in [2.75, 3.05) is 6.54 Å². The van der Waals surface area contributed by atoms with Crippen LogP contribution in [-0.4, -0.2) is 23.5 Å². The number of carbonyl (C=O) groups excluding carboxylic acids is 1. The van der Waals surface area contributed by atoms with Crippen LogP contribution in [0.5, 0.6) is 5.75 Å². The number of nitrogens with one attached hydrogen (secondary N) is 1. The van der Waals surface area contributed by atoms with E-state index in [0.717, 1.165) is 34.4 Å². The third-order valence-corrected chi connectivity index (χ3v) is 5.29. The smallest absolute Gasteiger partial charge is 0.244 e. The molecule has 0 spiro atoms. The number of hydrogen-bond donors (Lipinski definition) is 1. The Balaban J connectivity index is 1.37. The molecule has 0 radical (unpaired) electrons. The Morgan fingerprint density at radius 3 is 3.07 bits per heavy atom. The van der Waals surface area contributed by atoms with Crippen LogP contribution in [0.15, 0.2) is 59.6 Å². The summed E-state index contributed by atoms with van der Waals surface area (Å²) in [7, 11) is 0. The minimum Gasteiger partial charge on any atom is -0.486 e. The summed E-state index contributed by atoms with van der Waals surface area (Å²) >= 11 is 8.07. The number of benzene rings is 1. The zero-order valence-corrected chi connectivity index (χ0v) is 16.0. The van der Waals surface area contributed by atoms with E-state index in [0.29, 0.717) is 11.6 Å². The minimum atomic E-state index is -0.163. The summed E-state index contributed by atoms with van der Waals surface area (Å²) in [4.78, 5) is 16.0. The number of amides is 1. The zero-order chi connectivity index (χ0) is 18.6. The van der Waals surface area contributed by atoms with Crippen molar-refractivity contribution >= 4 is 34.9 Å². The van der Waals surface area contributed by atoms with Crippen LogP contribution in [0.4, 0.5) is 0 Å². The maximum absolute atomic E-state index is 12.0. The predicted molar refractivity (Wildman–Crippen MR) is 109 cm³/mol. The van der Waals surface area contributed by atoms with Crippen LogP contribution in [-0.2, 0) is 11.2 Å². The van der Waals surface area contributed by atoms with E-state index in [1.165, 1.54) is 6.08 Å². The average Bonchev–Trinajstić information content (AvgIpc) is 3.35. The normalized spacial score (nSPS) is 15.5. The highest BCUT2D eigenvalue weighted by Gasteiger charge is 2.26. The molecule has 0 bridgehead atoms. The van der Waals surface area contributed by atoms with Gasteiger partial charge in [-0.2, -0.15) is 11.3 Å². The molecular formula is C21H17ClN2O2S. The molecule has 1 amide bonds. The Morgan fingerprint density at radius 1 is 1.37 bits per heavy atom. The molecular weight excluding hydrogens is 380 g/mol. The van der Waals surface area contributed by atoms with Crippen molar-refractivity contribution in [3.63, 3.8) is 0 Å². The summed E-state index contributed by atoms with van der Waals surface area (Å²) in [6, 6.07) is 9.84. The Kier molecular flexibility index (Phi) is 5.23. The summed E-state index contributed by atoms with van der Waals surface area (Å²) in [5, 5.41) is 7.63. The van der Waals surface area contributed by atoms with Crippen LogP contribution >= 0.6 is 22.9 Å². The van der Waals surface area contributed by atoms with Crippen LogP contribution in [0.2, 0.25) is 5.02 Å². The molecule has 0 saturated carbocycles. The van der Waals surface area contributed by atoms with E-state index < -0.39 is 0 Å². The van der Waals surface area contributed by atoms with Gasteiger partial charge in [-0.3, -0.25) is 9.78 Å². The molecule has 6 heteroatoms. The summed E-state index contributed by atoms with van der Waals surface area (Å²) in [6.45, 7) is 0.426.